The van der Waals surface area contributed by atoms with E-state index < -0.39 is 43.6 Å². The first-order valence-corrected chi connectivity index (χ1v) is 16.5. The van der Waals surface area contributed by atoms with E-state index >= 15 is 0 Å². The van der Waals surface area contributed by atoms with Gasteiger partial charge in [-0.05, 0) is 22.9 Å². The lowest BCUT2D eigenvalue weighted by Crippen LogP contribution is -2.45. The van der Waals surface area contributed by atoms with Gasteiger partial charge in [0.05, 0.1) is 27.2 Å². The van der Waals surface area contributed by atoms with Crippen LogP contribution in [-0.2, 0) is 10.1 Å². The minimum atomic E-state index is -3.67. The molecule has 0 radical (unpaired) electrons. The van der Waals surface area contributed by atoms with Crippen molar-refractivity contribution in [2.75, 3.05) is 45.5 Å². The van der Waals surface area contributed by atoms with Gasteiger partial charge in [0.1, 0.15) is 0 Å². The number of benzene rings is 4. The van der Waals surface area contributed by atoms with Crippen LogP contribution in [0.15, 0.2) is 60.7 Å². The van der Waals surface area contributed by atoms with E-state index in [1.165, 1.54) is 24.3 Å². The molecule has 18 heteroatoms. The highest BCUT2D eigenvalue weighted by atomic mass is 32.2. The Morgan fingerprint density at radius 3 is 1.33 bits per heavy atom. The van der Waals surface area contributed by atoms with E-state index in [2.05, 4.69) is 10.6 Å². The Morgan fingerprint density at radius 1 is 0.633 bits per heavy atom. The number of hydrogen-bond donors (Lipinski definition) is 3. The normalized spacial score (nSPS) is 13.9. The molecule has 0 saturated heterocycles. The SMILES string of the molecule is CS(=O)(=O)O.O=C1c2cccc3cc([N+](=O)[O-])cc(c23)C(=O)N1CCNCCNCCN1C(=O)c2cccc3cc([N+](=O)[O-])cc(c23)C1=O. The Morgan fingerprint density at radius 2 is 0.980 bits per heavy atom. The number of carbonyl (C=O) groups is 4. The maximum absolute atomic E-state index is 13.1. The van der Waals surface area contributed by atoms with Crippen molar-refractivity contribution >= 4 is 66.7 Å². The molecule has 3 N–H and O–H groups in total. The molecular weight excluding hydrogens is 664 g/mol. The number of rotatable bonds is 11. The number of nitrogens with zero attached hydrogens (tertiary/aromatic N) is 4. The molecule has 2 aliphatic heterocycles. The Bertz CT molecular complexity index is 2040. The van der Waals surface area contributed by atoms with Gasteiger partial charge in [0.15, 0.2) is 0 Å². The molecule has 0 saturated carbocycles. The fraction of sp³-hybridized carbons (Fsp3) is 0.226. The second kappa shape index (κ2) is 13.8. The van der Waals surface area contributed by atoms with E-state index in [-0.39, 0.29) is 48.7 Å². The third kappa shape index (κ3) is 7.26. The molecule has 2 aliphatic rings. The second-order valence-corrected chi connectivity index (χ2v) is 12.5. The number of nitro benzene ring substituents is 2. The highest BCUT2D eigenvalue weighted by Crippen LogP contribution is 2.34. The lowest BCUT2D eigenvalue weighted by Gasteiger charge is -2.27. The van der Waals surface area contributed by atoms with Gasteiger partial charge in [-0.2, -0.15) is 8.42 Å². The predicted octanol–water partition coefficient (Wildman–Crippen LogP) is 2.38. The molecule has 0 atom stereocenters. The molecule has 0 fully saturated rings. The molecule has 4 aromatic rings. The van der Waals surface area contributed by atoms with Crippen LogP contribution >= 0.6 is 0 Å². The minimum absolute atomic E-state index is 0.0457. The predicted molar refractivity (Wildman–Crippen MR) is 175 cm³/mol. The third-order valence-corrected chi connectivity index (χ3v) is 7.75. The molecule has 0 spiro atoms. The van der Waals surface area contributed by atoms with Crippen LogP contribution in [0.25, 0.3) is 21.5 Å². The van der Waals surface area contributed by atoms with Gasteiger partial charge in [-0.25, -0.2) is 0 Å². The Hall–Kier alpha value is -5.69. The van der Waals surface area contributed by atoms with E-state index in [4.69, 9.17) is 4.55 Å². The van der Waals surface area contributed by atoms with E-state index in [9.17, 15) is 47.8 Å². The Balaban J connectivity index is 0.000000874. The lowest BCUT2D eigenvalue weighted by molar-refractivity contribution is -0.384. The van der Waals surface area contributed by atoms with Crippen LogP contribution in [0.5, 0.6) is 0 Å². The molecule has 0 aliphatic carbocycles. The number of amides is 4. The molecule has 254 valence electrons. The number of imide groups is 2. The van der Waals surface area contributed by atoms with Crippen LogP contribution in [0, 0.1) is 20.2 Å². The molecule has 2 heterocycles. The summed E-state index contributed by atoms with van der Waals surface area (Å²) < 4.78 is 25.9. The van der Waals surface area contributed by atoms with Crippen molar-refractivity contribution in [2.45, 2.75) is 0 Å². The first-order valence-electron chi connectivity index (χ1n) is 14.7. The van der Waals surface area contributed by atoms with E-state index in [0.29, 0.717) is 52.0 Å². The van der Waals surface area contributed by atoms with E-state index in [0.717, 1.165) is 9.80 Å². The number of nitro groups is 2. The van der Waals surface area contributed by atoms with E-state index in [1.54, 1.807) is 36.4 Å². The van der Waals surface area contributed by atoms with Crippen molar-refractivity contribution in [1.82, 2.24) is 20.4 Å². The summed E-state index contributed by atoms with van der Waals surface area (Å²) in [7, 11) is -3.67. The summed E-state index contributed by atoms with van der Waals surface area (Å²) in [6, 6.07) is 14.8. The number of carbonyl (C=O) groups excluding carboxylic acids is 4. The maximum atomic E-state index is 13.1. The highest BCUT2D eigenvalue weighted by Gasteiger charge is 2.35. The minimum Gasteiger partial charge on any atom is -0.314 e. The molecule has 4 aromatic carbocycles. The first-order chi connectivity index (χ1) is 23.2. The molecule has 4 amide bonds. The largest absolute Gasteiger partial charge is 0.314 e. The van der Waals surface area contributed by atoms with E-state index in [1.807, 2.05) is 0 Å². The van der Waals surface area contributed by atoms with Crippen molar-refractivity contribution < 1.29 is 42.0 Å². The molecule has 0 unspecified atom stereocenters. The second-order valence-electron chi connectivity index (χ2n) is 11.1. The lowest BCUT2D eigenvalue weighted by atomic mass is 9.93. The van der Waals surface area contributed by atoms with Crippen molar-refractivity contribution in [2.24, 2.45) is 0 Å². The van der Waals surface area contributed by atoms with Crippen molar-refractivity contribution in [3.63, 3.8) is 0 Å². The van der Waals surface area contributed by atoms with Crippen molar-refractivity contribution in [3.8, 4) is 0 Å². The maximum Gasteiger partial charge on any atom is 0.270 e. The summed E-state index contributed by atoms with van der Waals surface area (Å²) in [5, 5.41) is 30.7. The molecule has 6 rings (SSSR count). The zero-order chi connectivity index (χ0) is 35.6. The molecule has 0 aromatic heterocycles. The number of non-ortho nitro benzene ring substituents is 2. The van der Waals surface area contributed by atoms with Crippen LogP contribution in [0.2, 0.25) is 0 Å². The third-order valence-electron chi connectivity index (χ3n) is 7.75. The standard InChI is InChI=1S/C30H24N6O8.CH4O3S/c37-27-21-5-1-3-17-13-19(35(41)42)15-23(25(17)21)29(39)33(27)11-9-31-7-8-32-10-12-34-28(38)22-6-2-4-18-14-20(36(43)44)16-24(26(18)22)30(34)40;1-5(2,3)4/h1-6,13-16,31-32H,7-12H2;1H3,(H,2,3,4). The summed E-state index contributed by atoms with van der Waals surface area (Å²) >= 11 is 0. The fourth-order valence-electron chi connectivity index (χ4n) is 5.71. The van der Waals surface area contributed by atoms with Gasteiger partial charge in [-0.1, -0.05) is 24.3 Å². The molecule has 49 heavy (non-hydrogen) atoms. The number of nitrogens with one attached hydrogen (secondary N) is 2. The molecule has 0 bridgehead atoms. The Kier molecular flexibility index (Phi) is 9.76. The van der Waals surface area contributed by atoms with Crippen molar-refractivity contribution in [3.05, 3.63) is 103 Å². The van der Waals surface area contributed by atoms with Crippen LogP contribution in [-0.4, -0.2) is 102 Å². The first kappa shape index (κ1) is 34.6. The van der Waals surface area contributed by atoms with Crippen molar-refractivity contribution in [1.29, 1.82) is 0 Å². The smallest absolute Gasteiger partial charge is 0.270 e. The summed E-state index contributed by atoms with van der Waals surface area (Å²) in [6.45, 7) is 1.49. The molecule has 17 nitrogen and oxygen atoms in total. The van der Waals surface area contributed by atoms with Crippen LogP contribution in [0.3, 0.4) is 0 Å². The number of hydrogen-bond acceptors (Lipinski definition) is 12. The summed E-state index contributed by atoms with van der Waals surface area (Å²) in [5.41, 5.74) is 0.384. The fourth-order valence-corrected chi connectivity index (χ4v) is 5.71. The highest BCUT2D eigenvalue weighted by molar-refractivity contribution is 7.85. The quantitative estimate of drug-likeness (QED) is 0.0673. The monoisotopic (exact) mass is 692 g/mol. The topological polar surface area (TPSA) is 239 Å². The van der Waals surface area contributed by atoms with Gasteiger partial charge in [-0.15, -0.1) is 0 Å². The Labute approximate surface area is 277 Å². The van der Waals surface area contributed by atoms with Gasteiger partial charge in [0.2, 0.25) is 0 Å². The zero-order valence-electron chi connectivity index (χ0n) is 25.7. The van der Waals surface area contributed by atoms with Gasteiger partial charge in [-0.3, -0.25) is 53.8 Å². The average Bonchev–Trinajstić information content (AvgIpc) is 3.04. The van der Waals surface area contributed by atoms with Gasteiger partial charge in [0, 0.05) is 85.4 Å². The van der Waals surface area contributed by atoms with Gasteiger partial charge >= 0.3 is 0 Å². The zero-order valence-corrected chi connectivity index (χ0v) is 26.6. The average molecular weight is 693 g/mol. The van der Waals surface area contributed by atoms with Crippen LogP contribution in [0.4, 0.5) is 11.4 Å². The van der Waals surface area contributed by atoms with Gasteiger partial charge < -0.3 is 10.6 Å². The summed E-state index contributed by atoms with van der Waals surface area (Å²) in [6.07, 6.45) is 0.715. The molecular formula is C31H28N6O11S. The summed E-state index contributed by atoms with van der Waals surface area (Å²) in [4.78, 5) is 76.1. The van der Waals surface area contributed by atoms with Crippen LogP contribution < -0.4 is 10.6 Å². The van der Waals surface area contributed by atoms with Gasteiger partial charge in [0.25, 0.3) is 45.1 Å². The van der Waals surface area contributed by atoms with Crippen LogP contribution in [0.1, 0.15) is 41.4 Å². The summed E-state index contributed by atoms with van der Waals surface area (Å²) in [5.74, 6) is -2.14.